The standard InChI is InChI=1S/C9H11N.C2H7N/c1-2-9(10)8-6-4-3-5-7-8;1-2-3/h2-7H,10H2,1H3;2-3H2,1H3/b9-2-;. The van der Waals surface area contributed by atoms with E-state index in [-0.39, 0.29) is 0 Å². The van der Waals surface area contributed by atoms with E-state index in [0.29, 0.717) is 0 Å². The average Bonchev–Trinajstić information content (AvgIpc) is 2.19. The molecule has 0 heterocycles. The van der Waals surface area contributed by atoms with Gasteiger partial charge >= 0.3 is 0 Å². The second-order valence-corrected chi connectivity index (χ2v) is 2.52. The van der Waals surface area contributed by atoms with Gasteiger partial charge in [0.1, 0.15) is 0 Å². The maximum Gasteiger partial charge on any atom is 0.0344 e. The van der Waals surface area contributed by atoms with E-state index in [1.54, 1.807) is 0 Å². The Morgan fingerprint density at radius 2 is 1.77 bits per heavy atom. The normalized spacial score (nSPS) is 10.2. The Labute approximate surface area is 80.3 Å². The molecule has 0 amide bonds. The molecule has 0 saturated carbocycles. The summed E-state index contributed by atoms with van der Waals surface area (Å²) in [4.78, 5) is 0. The van der Waals surface area contributed by atoms with Crippen LogP contribution in [0.4, 0.5) is 0 Å². The third kappa shape index (κ3) is 5.04. The van der Waals surface area contributed by atoms with Crippen LogP contribution in [0, 0.1) is 0 Å². The van der Waals surface area contributed by atoms with Gasteiger partial charge < -0.3 is 11.5 Å². The van der Waals surface area contributed by atoms with E-state index < -0.39 is 0 Å². The first-order chi connectivity index (χ1) is 6.26. The van der Waals surface area contributed by atoms with Gasteiger partial charge in [0.15, 0.2) is 0 Å². The molecule has 0 aliphatic rings. The highest BCUT2D eigenvalue weighted by Gasteiger charge is 1.89. The molecule has 2 nitrogen and oxygen atoms in total. The van der Waals surface area contributed by atoms with Crippen molar-refractivity contribution in [1.29, 1.82) is 0 Å². The van der Waals surface area contributed by atoms with Crippen LogP contribution in [-0.4, -0.2) is 6.54 Å². The molecule has 0 aliphatic carbocycles. The van der Waals surface area contributed by atoms with Crippen molar-refractivity contribution >= 4 is 5.70 Å². The monoisotopic (exact) mass is 178 g/mol. The Bertz CT molecular complexity index is 240. The molecule has 2 heteroatoms. The van der Waals surface area contributed by atoms with Crippen molar-refractivity contribution in [3.8, 4) is 0 Å². The highest BCUT2D eigenvalue weighted by atomic mass is 14.6. The molecule has 0 radical (unpaired) electrons. The Morgan fingerprint density at radius 3 is 2.15 bits per heavy atom. The van der Waals surface area contributed by atoms with Gasteiger partial charge in [-0.05, 0) is 19.0 Å². The molecule has 0 aliphatic heterocycles. The molecule has 4 N–H and O–H groups in total. The number of nitrogens with two attached hydrogens (primary N) is 2. The smallest absolute Gasteiger partial charge is 0.0344 e. The highest BCUT2D eigenvalue weighted by molar-refractivity contribution is 5.61. The molecule has 0 atom stereocenters. The summed E-state index contributed by atoms with van der Waals surface area (Å²) in [6, 6.07) is 9.93. The molecule has 72 valence electrons. The van der Waals surface area contributed by atoms with Crippen molar-refractivity contribution in [1.82, 2.24) is 0 Å². The lowest BCUT2D eigenvalue weighted by molar-refractivity contribution is 1.14. The Morgan fingerprint density at radius 1 is 1.31 bits per heavy atom. The summed E-state index contributed by atoms with van der Waals surface area (Å²) in [5.74, 6) is 0. The predicted octanol–water partition coefficient (Wildman–Crippen LogP) is 1.97. The van der Waals surface area contributed by atoms with Crippen LogP contribution in [0.25, 0.3) is 5.70 Å². The lowest BCUT2D eigenvalue weighted by Gasteiger charge is -1.97. The fraction of sp³-hybridized carbons (Fsp3) is 0.273. The Balaban J connectivity index is 0.000000424. The summed E-state index contributed by atoms with van der Waals surface area (Å²) in [6.07, 6.45) is 1.90. The van der Waals surface area contributed by atoms with Crippen molar-refractivity contribution in [2.45, 2.75) is 13.8 Å². The number of allylic oxidation sites excluding steroid dienone is 1. The molecular weight excluding hydrogens is 160 g/mol. The van der Waals surface area contributed by atoms with Crippen LogP contribution in [-0.2, 0) is 0 Å². The molecule has 1 rings (SSSR count). The molecule has 1 aromatic carbocycles. The Hall–Kier alpha value is -1.28. The van der Waals surface area contributed by atoms with Crippen molar-refractivity contribution in [2.24, 2.45) is 11.5 Å². The van der Waals surface area contributed by atoms with Crippen molar-refractivity contribution < 1.29 is 0 Å². The van der Waals surface area contributed by atoms with Gasteiger partial charge in [0.05, 0.1) is 0 Å². The average molecular weight is 178 g/mol. The molecule has 0 unspecified atom stereocenters. The summed E-state index contributed by atoms with van der Waals surface area (Å²) in [5.41, 5.74) is 12.4. The fourth-order valence-electron chi connectivity index (χ4n) is 0.797. The van der Waals surface area contributed by atoms with Crippen LogP contribution in [0.5, 0.6) is 0 Å². The van der Waals surface area contributed by atoms with Gasteiger partial charge in [-0.3, -0.25) is 0 Å². The van der Waals surface area contributed by atoms with Crippen molar-refractivity contribution in [3.05, 3.63) is 42.0 Å². The molecule has 0 saturated heterocycles. The zero-order valence-electron chi connectivity index (χ0n) is 8.33. The first-order valence-electron chi connectivity index (χ1n) is 4.43. The SMILES string of the molecule is C/C=C(\N)c1ccccc1.CCN. The van der Waals surface area contributed by atoms with Gasteiger partial charge in [-0.15, -0.1) is 0 Å². The maximum atomic E-state index is 5.66. The Kier molecular flexibility index (Phi) is 6.65. The molecular formula is C11H18N2. The number of rotatable bonds is 1. The molecule has 0 spiro atoms. The van der Waals surface area contributed by atoms with Crippen LogP contribution >= 0.6 is 0 Å². The lowest BCUT2D eigenvalue weighted by Crippen LogP contribution is -1.93. The first-order valence-corrected chi connectivity index (χ1v) is 4.43. The van der Waals surface area contributed by atoms with Crippen molar-refractivity contribution in [3.63, 3.8) is 0 Å². The highest BCUT2D eigenvalue weighted by Crippen LogP contribution is 2.06. The molecule has 0 fully saturated rings. The predicted molar refractivity (Wildman–Crippen MR) is 59.0 cm³/mol. The topological polar surface area (TPSA) is 52.0 Å². The third-order valence-corrected chi connectivity index (χ3v) is 1.42. The molecule has 0 aromatic heterocycles. The van der Waals surface area contributed by atoms with Gasteiger partial charge in [0, 0.05) is 5.70 Å². The zero-order chi connectivity index (χ0) is 10.1. The quantitative estimate of drug-likeness (QED) is 0.690. The second kappa shape index (κ2) is 7.37. The summed E-state index contributed by atoms with van der Waals surface area (Å²) < 4.78 is 0. The molecule has 0 bridgehead atoms. The summed E-state index contributed by atoms with van der Waals surface area (Å²) in [7, 11) is 0. The van der Waals surface area contributed by atoms with Crippen LogP contribution in [0.2, 0.25) is 0 Å². The minimum Gasteiger partial charge on any atom is -0.399 e. The van der Waals surface area contributed by atoms with Gasteiger partial charge in [-0.25, -0.2) is 0 Å². The van der Waals surface area contributed by atoms with Crippen LogP contribution < -0.4 is 11.5 Å². The fourth-order valence-corrected chi connectivity index (χ4v) is 0.797. The zero-order valence-corrected chi connectivity index (χ0v) is 8.33. The van der Waals surface area contributed by atoms with E-state index in [0.717, 1.165) is 17.8 Å². The summed E-state index contributed by atoms with van der Waals surface area (Å²) in [6.45, 7) is 4.59. The van der Waals surface area contributed by atoms with Crippen LogP contribution in [0.1, 0.15) is 19.4 Å². The van der Waals surface area contributed by atoms with Crippen LogP contribution in [0.15, 0.2) is 36.4 Å². The van der Waals surface area contributed by atoms with E-state index in [1.165, 1.54) is 0 Å². The minimum absolute atomic E-state index is 0.750. The number of hydrogen-bond donors (Lipinski definition) is 2. The first kappa shape index (κ1) is 11.7. The van der Waals surface area contributed by atoms with E-state index in [4.69, 9.17) is 11.5 Å². The van der Waals surface area contributed by atoms with E-state index in [9.17, 15) is 0 Å². The van der Waals surface area contributed by atoms with E-state index >= 15 is 0 Å². The van der Waals surface area contributed by atoms with Gasteiger partial charge in [0.2, 0.25) is 0 Å². The molecule has 13 heavy (non-hydrogen) atoms. The third-order valence-electron chi connectivity index (χ3n) is 1.42. The maximum absolute atomic E-state index is 5.66. The lowest BCUT2D eigenvalue weighted by atomic mass is 10.2. The largest absolute Gasteiger partial charge is 0.399 e. The number of benzene rings is 1. The summed E-state index contributed by atoms with van der Waals surface area (Å²) >= 11 is 0. The minimum atomic E-state index is 0.750. The van der Waals surface area contributed by atoms with E-state index in [1.807, 2.05) is 50.3 Å². The van der Waals surface area contributed by atoms with Gasteiger partial charge in [-0.2, -0.15) is 0 Å². The van der Waals surface area contributed by atoms with Gasteiger partial charge in [-0.1, -0.05) is 43.3 Å². The van der Waals surface area contributed by atoms with Gasteiger partial charge in [0.25, 0.3) is 0 Å². The van der Waals surface area contributed by atoms with E-state index in [2.05, 4.69) is 0 Å². The second-order valence-electron chi connectivity index (χ2n) is 2.52. The van der Waals surface area contributed by atoms with Crippen molar-refractivity contribution in [2.75, 3.05) is 6.54 Å². The summed E-state index contributed by atoms with van der Waals surface area (Å²) in [5, 5.41) is 0. The number of hydrogen-bond acceptors (Lipinski definition) is 2. The molecule has 1 aromatic rings. The van der Waals surface area contributed by atoms with Crippen LogP contribution in [0.3, 0.4) is 0 Å².